The van der Waals surface area contributed by atoms with Crippen molar-refractivity contribution in [1.29, 1.82) is 0 Å². The molecule has 3 heteroatoms. The fourth-order valence-corrected chi connectivity index (χ4v) is 2.46. The van der Waals surface area contributed by atoms with Crippen LogP contribution >= 0.6 is 0 Å². The summed E-state index contributed by atoms with van der Waals surface area (Å²) in [5.74, 6) is 1.83. The van der Waals surface area contributed by atoms with E-state index in [1.807, 2.05) is 12.1 Å². The number of aryl methyl sites for hydroxylation is 1. The van der Waals surface area contributed by atoms with Crippen molar-refractivity contribution in [2.24, 2.45) is 5.41 Å². The van der Waals surface area contributed by atoms with Crippen molar-refractivity contribution in [2.45, 2.75) is 46.6 Å². The van der Waals surface area contributed by atoms with Gasteiger partial charge in [0.15, 0.2) is 0 Å². The molecule has 0 aliphatic carbocycles. The molecule has 3 nitrogen and oxygen atoms in total. The summed E-state index contributed by atoms with van der Waals surface area (Å²) in [5, 5.41) is 3.59. The van der Waals surface area contributed by atoms with Crippen LogP contribution in [0.1, 0.15) is 39.7 Å². The van der Waals surface area contributed by atoms with Crippen LogP contribution in [0, 0.1) is 5.41 Å². The summed E-state index contributed by atoms with van der Waals surface area (Å²) in [7, 11) is 3.42. The van der Waals surface area contributed by atoms with Crippen molar-refractivity contribution in [1.82, 2.24) is 5.32 Å². The number of rotatable bonds is 7. The molecule has 0 saturated heterocycles. The van der Waals surface area contributed by atoms with E-state index in [-0.39, 0.29) is 5.41 Å². The van der Waals surface area contributed by atoms with E-state index in [2.05, 4.69) is 39.1 Å². The Morgan fingerprint density at radius 1 is 1.15 bits per heavy atom. The van der Waals surface area contributed by atoms with E-state index >= 15 is 0 Å². The topological polar surface area (TPSA) is 30.5 Å². The van der Waals surface area contributed by atoms with Gasteiger partial charge in [-0.25, -0.2) is 0 Å². The van der Waals surface area contributed by atoms with Gasteiger partial charge in [0, 0.05) is 6.04 Å². The molecule has 1 unspecified atom stereocenters. The van der Waals surface area contributed by atoms with Crippen LogP contribution < -0.4 is 14.8 Å². The minimum Gasteiger partial charge on any atom is -0.497 e. The molecule has 0 bridgehead atoms. The fraction of sp³-hybridized carbons (Fsp3) is 0.647. The van der Waals surface area contributed by atoms with E-state index in [4.69, 9.17) is 9.47 Å². The van der Waals surface area contributed by atoms with Gasteiger partial charge in [0.25, 0.3) is 0 Å². The largest absolute Gasteiger partial charge is 0.497 e. The molecule has 0 aliphatic heterocycles. The third kappa shape index (κ3) is 4.71. The number of hydrogen-bond donors (Lipinski definition) is 1. The summed E-state index contributed by atoms with van der Waals surface area (Å²) in [6.07, 6.45) is 2.07. The number of benzene rings is 1. The molecule has 0 saturated carbocycles. The van der Waals surface area contributed by atoms with Crippen molar-refractivity contribution in [2.75, 3.05) is 20.8 Å². The Morgan fingerprint density at radius 3 is 2.35 bits per heavy atom. The molecule has 0 aromatic heterocycles. The molecule has 0 heterocycles. The summed E-state index contributed by atoms with van der Waals surface area (Å²) >= 11 is 0. The van der Waals surface area contributed by atoms with Crippen molar-refractivity contribution in [3.63, 3.8) is 0 Å². The van der Waals surface area contributed by atoms with Gasteiger partial charge in [-0.3, -0.25) is 0 Å². The second-order valence-electron chi connectivity index (χ2n) is 6.19. The lowest BCUT2D eigenvalue weighted by molar-refractivity contribution is 0.257. The maximum Gasteiger partial charge on any atom is 0.122 e. The van der Waals surface area contributed by atoms with Gasteiger partial charge in [-0.15, -0.1) is 0 Å². The Hall–Kier alpha value is -1.22. The molecule has 0 fully saturated rings. The SMILES string of the molecule is CCNC(CCc1cc(OC)ccc1OC)C(C)(C)C. The molecule has 0 spiro atoms. The third-order valence-electron chi connectivity index (χ3n) is 3.69. The normalized spacial score (nSPS) is 13.1. The predicted molar refractivity (Wildman–Crippen MR) is 84.8 cm³/mol. The van der Waals surface area contributed by atoms with Gasteiger partial charge in [-0.05, 0) is 48.6 Å². The lowest BCUT2D eigenvalue weighted by atomic mass is 9.83. The molecular formula is C17H29NO2. The lowest BCUT2D eigenvalue weighted by Gasteiger charge is -2.31. The van der Waals surface area contributed by atoms with Crippen LogP contribution in [0.15, 0.2) is 18.2 Å². The van der Waals surface area contributed by atoms with Crippen LogP contribution in [0.4, 0.5) is 0 Å². The molecule has 0 amide bonds. The van der Waals surface area contributed by atoms with E-state index in [0.29, 0.717) is 6.04 Å². The average molecular weight is 279 g/mol. The first-order chi connectivity index (χ1) is 9.42. The number of nitrogens with one attached hydrogen (secondary N) is 1. The summed E-state index contributed by atoms with van der Waals surface area (Å²) in [6.45, 7) is 10.00. The van der Waals surface area contributed by atoms with Gasteiger partial charge in [0.05, 0.1) is 14.2 Å². The van der Waals surface area contributed by atoms with Crippen LogP contribution in [0.5, 0.6) is 11.5 Å². The Bertz CT molecular complexity index is 410. The zero-order valence-electron chi connectivity index (χ0n) is 13.7. The quantitative estimate of drug-likeness (QED) is 0.826. The second-order valence-corrected chi connectivity index (χ2v) is 6.19. The first-order valence-corrected chi connectivity index (χ1v) is 7.36. The highest BCUT2D eigenvalue weighted by molar-refractivity contribution is 5.40. The molecule has 1 rings (SSSR count). The molecule has 0 aliphatic rings. The number of methoxy groups -OCH3 is 2. The predicted octanol–water partition coefficient (Wildman–Crippen LogP) is 3.66. The van der Waals surface area contributed by atoms with Crippen molar-refractivity contribution in [3.8, 4) is 11.5 Å². The average Bonchev–Trinajstić information content (AvgIpc) is 2.41. The minimum absolute atomic E-state index is 0.252. The van der Waals surface area contributed by atoms with E-state index < -0.39 is 0 Å². The van der Waals surface area contributed by atoms with Crippen LogP contribution in [0.25, 0.3) is 0 Å². The minimum atomic E-state index is 0.252. The van der Waals surface area contributed by atoms with Crippen LogP contribution in [-0.2, 0) is 6.42 Å². The van der Waals surface area contributed by atoms with Crippen LogP contribution in [-0.4, -0.2) is 26.8 Å². The van der Waals surface area contributed by atoms with Crippen molar-refractivity contribution >= 4 is 0 Å². The Balaban J connectivity index is 2.81. The Kier molecular flexibility index (Phi) is 6.34. The molecule has 0 radical (unpaired) electrons. The van der Waals surface area contributed by atoms with Gasteiger partial charge < -0.3 is 14.8 Å². The smallest absolute Gasteiger partial charge is 0.122 e. The highest BCUT2D eigenvalue weighted by Crippen LogP contribution is 2.28. The maximum atomic E-state index is 5.45. The van der Waals surface area contributed by atoms with E-state index in [0.717, 1.165) is 30.9 Å². The van der Waals surface area contributed by atoms with Crippen molar-refractivity contribution < 1.29 is 9.47 Å². The van der Waals surface area contributed by atoms with E-state index in [1.54, 1.807) is 14.2 Å². The highest BCUT2D eigenvalue weighted by Gasteiger charge is 2.23. The zero-order valence-corrected chi connectivity index (χ0v) is 13.7. The molecule has 1 N–H and O–H groups in total. The number of ether oxygens (including phenoxy) is 2. The van der Waals surface area contributed by atoms with Gasteiger partial charge in [-0.1, -0.05) is 27.7 Å². The Labute approximate surface area is 123 Å². The zero-order chi connectivity index (χ0) is 15.2. The van der Waals surface area contributed by atoms with E-state index in [1.165, 1.54) is 5.56 Å². The number of hydrogen-bond acceptors (Lipinski definition) is 3. The lowest BCUT2D eigenvalue weighted by Crippen LogP contribution is -2.40. The fourth-order valence-electron chi connectivity index (χ4n) is 2.46. The second kappa shape index (κ2) is 7.53. The van der Waals surface area contributed by atoms with Gasteiger partial charge >= 0.3 is 0 Å². The van der Waals surface area contributed by atoms with Gasteiger partial charge in [0.1, 0.15) is 11.5 Å². The highest BCUT2D eigenvalue weighted by atomic mass is 16.5. The van der Waals surface area contributed by atoms with Crippen LogP contribution in [0.2, 0.25) is 0 Å². The van der Waals surface area contributed by atoms with Gasteiger partial charge in [-0.2, -0.15) is 0 Å². The monoisotopic (exact) mass is 279 g/mol. The summed E-state index contributed by atoms with van der Waals surface area (Å²) in [6, 6.07) is 6.48. The van der Waals surface area contributed by atoms with Crippen LogP contribution in [0.3, 0.4) is 0 Å². The molecule has 114 valence electrons. The summed E-state index contributed by atoms with van der Waals surface area (Å²) in [5.41, 5.74) is 1.46. The van der Waals surface area contributed by atoms with E-state index in [9.17, 15) is 0 Å². The maximum absolute atomic E-state index is 5.45. The standard InChI is InChI=1S/C17H29NO2/c1-7-18-16(17(2,3)4)11-8-13-12-14(19-5)9-10-15(13)20-6/h9-10,12,16,18H,7-8,11H2,1-6H3. The summed E-state index contributed by atoms with van der Waals surface area (Å²) in [4.78, 5) is 0. The third-order valence-corrected chi connectivity index (χ3v) is 3.69. The molecule has 1 atom stereocenters. The summed E-state index contributed by atoms with van der Waals surface area (Å²) < 4.78 is 10.8. The molecule has 1 aromatic rings. The van der Waals surface area contributed by atoms with Gasteiger partial charge in [0.2, 0.25) is 0 Å². The Morgan fingerprint density at radius 2 is 1.85 bits per heavy atom. The first kappa shape index (κ1) is 16.8. The van der Waals surface area contributed by atoms with Crippen molar-refractivity contribution in [3.05, 3.63) is 23.8 Å². The molecular weight excluding hydrogens is 250 g/mol. The first-order valence-electron chi connectivity index (χ1n) is 7.36. The molecule has 1 aromatic carbocycles. The molecule has 20 heavy (non-hydrogen) atoms.